The van der Waals surface area contributed by atoms with Crippen LogP contribution in [0.4, 0.5) is 5.13 Å². The summed E-state index contributed by atoms with van der Waals surface area (Å²) in [6.45, 7) is 5.94. The van der Waals surface area contributed by atoms with Crippen molar-refractivity contribution < 1.29 is 9.53 Å². The molecular weight excluding hydrogens is 308 g/mol. The van der Waals surface area contributed by atoms with Crippen molar-refractivity contribution >= 4 is 34.0 Å². The second-order valence-electron chi connectivity index (χ2n) is 5.59. The van der Waals surface area contributed by atoms with E-state index in [1.54, 1.807) is 24.3 Å². The third kappa shape index (κ3) is 4.72. The summed E-state index contributed by atoms with van der Waals surface area (Å²) in [7, 11) is 0. The average molecular weight is 325 g/mol. The number of hydrogen-bond donors (Lipinski definition) is 1. The number of nitrogens with one attached hydrogen (secondary N) is 1. The third-order valence-electron chi connectivity index (χ3n) is 2.65. The summed E-state index contributed by atoms with van der Waals surface area (Å²) in [6, 6.07) is 7.15. The van der Waals surface area contributed by atoms with Crippen LogP contribution in [0.2, 0.25) is 5.02 Å². The fraction of sp³-hybridized carbons (Fsp3) is 0.333. The van der Waals surface area contributed by atoms with Crippen LogP contribution in [0.25, 0.3) is 0 Å². The third-order valence-corrected chi connectivity index (χ3v) is 3.71. The van der Waals surface area contributed by atoms with Gasteiger partial charge in [0, 0.05) is 15.8 Å². The number of carbonyl (C=O) groups is 1. The number of aromatic nitrogens is 1. The Labute approximate surface area is 133 Å². The van der Waals surface area contributed by atoms with E-state index in [2.05, 4.69) is 10.3 Å². The molecule has 0 aliphatic heterocycles. The number of nitrogens with zero attached hydrogens (tertiary/aromatic N) is 1. The van der Waals surface area contributed by atoms with Gasteiger partial charge >= 0.3 is 0 Å². The molecule has 21 heavy (non-hydrogen) atoms. The zero-order chi connectivity index (χ0) is 15.5. The first-order valence-corrected chi connectivity index (χ1v) is 7.74. The monoisotopic (exact) mass is 324 g/mol. The SMILES string of the molecule is CC(C)(C)C(=O)Nc1nc(COc2ccc(Cl)cc2)cs1. The molecule has 0 spiro atoms. The van der Waals surface area contributed by atoms with Crippen LogP contribution < -0.4 is 10.1 Å². The van der Waals surface area contributed by atoms with Crippen molar-refractivity contribution in [2.24, 2.45) is 5.41 Å². The lowest BCUT2D eigenvalue weighted by atomic mass is 9.96. The normalized spacial score (nSPS) is 11.2. The second-order valence-corrected chi connectivity index (χ2v) is 6.89. The van der Waals surface area contributed by atoms with Gasteiger partial charge in [-0.2, -0.15) is 0 Å². The second kappa shape index (κ2) is 6.45. The Bertz CT molecular complexity index is 617. The quantitative estimate of drug-likeness (QED) is 0.909. The minimum Gasteiger partial charge on any atom is -0.487 e. The number of carbonyl (C=O) groups excluding carboxylic acids is 1. The minimum atomic E-state index is -0.439. The summed E-state index contributed by atoms with van der Waals surface area (Å²) in [5.74, 6) is 0.676. The van der Waals surface area contributed by atoms with E-state index >= 15 is 0 Å². The highest BCUT2D eigenvalue weighted by atomic mass is 35.5. The molecule has 112 valence electrons. The molecule has 0 saturated carbocycles. The number of anilines is 1. The van der Waals surface area contributed by atoms with Crippen LogP contribution in [0.3, 0.4) is 0 Å². The van der Waals surface area contributed by atoms with E-state index in [-0.39, 0.29) is 5.91 Å². The summed E-state index contributed by atoms with van der Waals surface area (Å²) >= 11 is 7.20. The fourth-order valence-corrected chi connectivity index (χ4v) is 2.22. The molecular formula is C15H17ClN2O2S. The van der Waals surface area contributed by atoms with E-state index in [1.807, 2.05) is 26.2 Å². The van der Waals surface area contributed by atoms with Crippen molar-refractivity contribution in [2.75, 3.05) is 5.32 Å². The lowest BCUT2D eigenvalue weighted by molar-refractivity contribution is -0.123. The Morgan fingerprint density at radius 1 is 1.33 bits per heavy atom. The van der Waals surface area contributed by atoms with Crippen molar-refractivity contribution in [2.45, 2.75) is 27.4 Å². The van der Waals surface area contributed by atoms with Gasteiger partial charge in [-0.05, 0) is 24.3 Å². The van der Waals surface area contributed by atoms with Gasteiger partial charge in [-0.25, -0.2) is 4.98 Å². The van der Waals surface area contributed by atoms with Gasteiger partial charge in [-0.15, -0.1) is 11.3 Å². The number of rotatable bonds is 4. The van der Waals surface area contributed by atoms with E-state index in [9.17, 15) is 4.79 Å². The minimum absolute atomic E-state index is 0.0537. The first-order chi connectivity index (χ1) is 9.84. The van der Waals surface area contributed by atoms with Gasteiger partial charge in [0.1, 0.15) is 12.4 Å². The Balaban J connectivity index is 1.91. The summed E-state index contributed by atoms with van der Waals surface area (Å²) in [4.78, 5) is 16.2. The van der Waals surface area contributed by atoms with Crippen molar-refractivity contribution in [3.05, 3.63) is 40.4 Å². The van der Waals surface area contributed by atoms with Crippen molar-refractivity contribution in [1.82, 2.24) is 4.98 Å². The molecule has 6 heteroatoms. The number of halogens is 1. The maximum absolute atomic E-state index is 11.9. The molecule has 1 N–H and O–H groups in total. The lowest BCUT2D eigenvalue weighted by Crippen LogP contribution is -2.27. The van der Waals surface area contributed by atoms with Gasteiger partial charge in [0.25, 0.3) is 0 Å². The highest BCUT2D eigenvalue weighted by Gasteiger charge is 2.22. The molecule has 2 aromatic rings. The number of thiazole rings is 1. The zero-order valence-corrected chi connectivity index (χ0v) is 13.7. The van der Waals surface area contributed by atoms with Crippen LogP contribution in [0, 0.1) is 5.41 Å². The molecule has 0 aliphatic carbocycles. The molecule has 0 aliphatic rings. The molecule has 0 saturated heterocycles. The van der Waals surface area contributed by atoms with Gasteiger partial charge < -0.3 is 10.1 Å². The smallest absolute Gasteiger partial charge is 0.231 e. The molecule has 2 rings (SSSR count). The van der Waals surface area contributed by atoms with Crippen molar-refractivity contribution in [1.29, 1.82) is 0 Å². The van der Waals surface area contributed by atoms with Gasteiger partial charge in [-0.1, -0.05) is 32.4 Å². The van der Waals surface area contributed by atoms with E-state index in [0.29, 0.717) is 16.8 Å². The Morgan fingerprint density at radius 2 is 2.00 bits per heavy atom. The van der Waals surface area contributed by atoms with Crippen molar-refractivity contribution in [3.63, 3.8) is 0 Å². The highest BCUT2D eigenvalue weighted by molar-refractivity contribution is 7.13. The van der Waals surface area contributed by atoms with Gasteiger partial charge in [0.2, 0.25) is 5.91 Å². The lowest BCUT2D eigenvalue weighted by Gasteiger charge is -2.15. The number of amides is 1. The largest absolute Gasteiger partial charge is 0.487 e. The van der Waals surface area contributed by atoms with Crippen LogP contribution >= 0.6 is 22.9 Å². The van der Waals surface area contributed by atoms with E-state index in [4.69, 9.17) is 16.3 Å². The summed E-state index contributed by atoms with van der Waals surface area (Å²) < 4.78 is 5.61. The Hall–Kier alpha value is -1.59. The maximum atomic E-state index is 11.9. The molecule has 0 bridgehead atoms. The molecule has 0 atom stereocenters. The molecule has 4 nitrogen and oxygen atoms in total. The summed E-state index contributed by atoms with van der Waals surface area (Å²) in [5.41, 5.74) is 0.338. The Morgan fingerprint density at radius 3 is 2.62 bits per heavy atom. The fourth-order valence-electron chi connectivity index (χ4n) is 1.40. The highest BCUT2D eigenvalue weighted by Crippen LogP contribution is 2.22. The first kappa shape index (κ1) is 15.8. The van der Waals surface area contributed by atoms with E-state index < -0.39 is 5.41 Å². The molecule has 1 aromatic heterocycles. The average Bonchev–Trinajstić information content (AvgIpc) is 2.85. The molecule has 1 heterocycles. The van der Waals surface area contributed by atoms with Crippen molar-refractivity contribution in [3.8, 4) is 5.75 Å². The molecule has 1 aromatic carbocycles. The zero-order valence-electron chi connectivity index (χ0n) is 12.1. The Kier molecular flexibility index (Phi) is 4.85. The summed E-state index contributed by atoms with van der Waals surface area (Å²) in [6.07, 6.45) is 0. The molecule has 0 radical (unpaired) electrons. The van der Waals surface area contributed by atoms with E-state index in [1.165, 1.54) is 11.3 Å². The topological polar surface area (TPSA) is 51.2 Å². The number of ether oxygens (including phenoxy) is 1. The van der Waals surface area contributed by atoms with Gasteiger partial charge in [-0.3, -0.25) is 4.79 Å². The first-order valence-electron chi connectivity index (χ1n) is 6.49. The van der Waals surface area contributed by atoms with Crippen LogP contribution in [-0.2, 0) is 11.4 Å². The van der Waals surface area contributed by atoms with E-state index in [0.717, 1.165) is 11.4 Å². The number of hydrogen-bond acceptors (Lipinski definition) is 4. The predicted molar refractivity (Wildman–Crippen MR) is 86.0 cm³/mol. The van der Waals surface area contributed by atoms with Crippen LogP contribution in [0.5, 0.6) is 5.75 Å². The molecule has 0 unspecified atom stereocenters. The van der Waals surface area contributed by atoms with Crippen LogP contribution in [0.1, 0.15) is 26.5 Å². The van der Waals surface area contributed by atoms with Gasteiger partial charge in [0.15, 0.2) is 5.13 Å². The van der Waals surface area contributed by atoms with Gasteiger partial charge in [0.05, 0.1) is 5.69 Å². The number of benzene rings is 1. The maximum Gasteiger partial charge on any atom is 0.231 e. The predicted octanol–water partition coefficient (Wildman–Crippen LogP) is 4.36. The summed E-state index contributed by atoms with van der Waals surface area (Å²) in [5, 5.41) is 5.93. The van der Waals surface area contributed by atoms with Crippen LogP contribution in [-0.4, -0.2) is 10.9 Å². The standard InChI is InChI=1S/C15H17ClN2O2S/c1-15(2,3)13(19)18-14-17-11(9-21-14)8-20-12-6-4-10(16)5-7-12/h4-7,9H,8H2,1-3H3,(H,17,18,19). The molecule has 1 amide bonds. The van der Waals surface area contributed by atoms with Crippen LogP contribution in [0.15, 0.2) is 29.6 Å². The molecule has 0 fully saturated rings.